The van der Waals surface area contributed by atoms with Crippen LogP contribution in [0.25, 0.3) is 0 Å². The van der Waals surface area contributed by atoms with E-state index < -0.39 is 11.7 Å². The fraction of sp³-hybridized carbons (Fsp3) is 0.600. The first-order valence-corrected chi connectivity index (χ1v) is 8.99. The lowest BCUT2D eigenvalue weighted by Gasteiger charge is -2.41. The summed E-state index contributed by atoms with van der Waals surface area (Å²) in [7, 11) is 1.63. The monoisotopic (exact) mass is 362 g/mol. The van der Waals surface area contributed by atoms with E-state index in [9.17, 15) is 9.59 Å². The van der Waals surface area contributed by atoms with E-state index in [1.165, 1.54) is 4.90 Å². The van der Waals surface area contributed by atoms with Crippen LogP contribution in [0.2, 0.25) is 0 Å². The first-order chi connectivity index (χ1) is 12.1. The number of anilines is 1. The lowest BCUT2D eigenvalue weighted by atomic mass is 10.0. The molecule has 2 rings (SSSR count). The average molecular weight is 362 g/mol. The highest BCUT2D eigenvalue weighted by molar-refractivity contribution is 5.98. The third-order valence-electron chi connectivity index (χ3n) is 4.59. The quantitative estimate of drug-likeness (QED) is 0.825. The zero-order valence-electron chi connectivity index (χ0n) is 16.7. The molecule has 1 aliphatic heterocycles. The van der Waals surface area contributed by atoms with Crippen LogP contribution in [0.15, 0.2) is 18.2 Å². The molecule has 1 saturated heterocycles. The Balaban J connectivity index is 2.26. The van der Waals surface area contributed by atoms with Crippen molar-refractivity contribution >= 4 is 17.7 Å². The van der Waals surface area contributed by atoms with Crippen LogP contribution in [0.5, 0.6) is 0 Å². The fourth-order valence-corrected chi connectivity index (χ4v) is 3.07. The summed E-state index contributed by atoms with van der Waals surface area (Å²) in [5.74, 6) is -0.0989. The van der Waals surface area contributed by atoms with E-state index in [0.717, 1.165) is 16.8 Å². The van der Waals surface area contributed by atoms with Crippen molar-refractivity contribution < 1.29 is 19.1 Å². The van der Waals surface area contributed by atoms with Gasteiger partial charge in [-0.2, -0.15) is 0 Å². The second-order valence-electron chi connectivity index (χ2n) is 7.77. The van der Waals surface area contributed by atoms with Gasteiger partial charge in [0.1, 0.15) is 12.1 Å². The zero-order valence-corrected chi connectivity index (χ0v) is 16.7. The van der Waals surface area contributed by atoms with E-state index in [1.807, 2.05) is 52.8 Å². The Morgan fingerprint density at radius 3 is 2.58 bits per heavy atom. The zero-order chi connectivity index (χ0) is 19.5. The van der Waals surface area contributed by atoms with Crippen molar-refractivity contribution in [3.63, 3.8) is 0 Å². The summed E-state index contributed by atoms with van der Waals surface area (Å²) in [5.41, 5.74) is 2.52. The van der Waals surface area contributed by atoms with Gasteiger partial charge in [-0.1, -0.05) is 12.1 Å². The van der Waals surface area contributed by atoms with Crippen molar-refractivity contribution in [1.29, 1.82) is 0 Å². The third-order valence-corrected chi connectivity index (χ3v) is 4.59. The summed E-state index contributed by atoms with van der Waals surface area (Å²) in [4.78, 5) is 28.7. The van der Waals surface area contributed by atoms with Gasteiger partial charge >= 0.3 is 6.09 Å². The maximum absolute atomic E-state index is 12.8. The molecule has 0 aromatic heterocycles. The lowest BCUT2D eigenvalue weighted by molar-refractivity contribution is -0.122. The van der Waals surface area contributed by atoms with Crippen LogP contribution < -0.4 is 4.90 Å². The highest BCUT2D eigenvalue weighted by Crippen LogP contribution is 2.27. The van der Waals surface area contributed by atoms with E-state index in [4.69, 9.17) is 9.47 Å². The first-order valence-electron chi connectivity index (χ1n) is 8.99. The van der Waals surface area contributed by atoms with Gasteiger partial charge in [0, 0.05) is 25.9 Å². The smallest absolute Gasteiger partial charge is 0.411 e. The van der Waals surface area contributed by atoms with Crippen molar-refractivity contribution in [2.75, 3.05) is 31.7 Å². The van der Waals surface area contributed by atoms with Crippen LogP contribution in [0.1, 0.15) is 38.3 Å². The predicted octanol–water partition coefficient (Wildman–Crippen LogP) is 3.29. The van der Waals surface area contributed by atoms with Gasteiger partial charge in [0.2, 0.25) is 5.91 Å². The van der Waals surface area contributed by atoms with Gasteiger partial charge in [0.25, 0.3) is 0 Å². The second-order valence-corrected chi connectivity index (χ2v) is 7.77. The number of piperazine rings is 1. The molecule has 0 bridgehead atoms. The summed E-state index contributed by atoms with van der Waals surface area (Å²) in [5, 5.41) is 0. The number of carbonyl (C=O) groups excluding carboxylic acids is 2. The van der Waals surface area contributed by atoms with Crippen molar-refractivity contribution in [3.05, 3.63) is 29.3 Å². The topological polar surface area (TPSA) is 59.1 Å². The molecule has 1 aliphatic rings. The number of amides is 2. The predicted molar refractivity (Wildman–Crippen MR) is 101 cm³/mol. The maximum atomic E-state index is 12.8. The summed E-state index contributed by atoms with van der Waals surface area (Å²) >= 11 is 0. The molecule has 1 aromatic rings. The summed E-state index contributed by atoms with van der Waals surface area (Å²) in [6.45, 7) is 10.5. The van der Waals surface area contributed by atoms with E-state index in [-0.39, 0.29) is 18.5 Å². The van der Waals surface area contributed by atoms with Crippen LogP contribution in [0.4, 0.5) is 10.5 Å². The molecule has 0 radical (unpaired) electrons. The highest BCUT2D eigenvalue weighted by atomic mass is 16.6. The van der Waals surface area contributed by atoms with Crippen molar-refractivity contribution in [2.45, 2.75) is 52.7 Å². The minimum absolute atomic E-state index is 0.0106. The molecule has 2 amide bonds. The lowest BCUT2D eigenvalue weighted by Crippen LogP contribution is -2.59. The first kappa shape index (κ1) is 20.2. The number of carbonyl (C=O) groups is 2. The van der Waals surface area contributed by atoms with Crippen molar-refractivity contribution in [2.24, 2.45) is 0 Å². The van der Waals surface area contributed by atoms with Gasteiger partial charge in [0.15, 0.2) is 0 Å². The molecular formula is C20H30N2O4. The molecule has 0 saturated carbocycles. The molecule has 1 fully saturated rings. The molecule has 26 heavy (non-hydrogen) atoms. The molecule has 6 nitrogen and oxygen atoms in total. The summed E-state index contributed by atoms with van der Waals surface area (Å²) in [6.07, 6.45) is 0.192. The molecule has 0 spiro atoms. The number of ether oxygens (including phenoxy) is 2. The van der Waals surface area contributed by atoms with Crippen LogP contribution in [0.3, 0.4) is 0 Å². The largest absolute Gasteiger partial charge is 0.444 e. The van der Waals surface area contributed by atoms with Gasteiger partial charge in [-0.05, 0) is 58.2 Å². The molecule has 1 atom stereocenters. The standard InChI is InChI=1S/C20H30N2O4/c1-14-8-7-9-17(15(14)2)22-12-16(10-11-25-6)21(13-18(22)23)19(24)26-20(3,4)5/h7-9,16H,10-13H2,1-6H3/t16-/m0/s1. The Morgan fingerprint density at radius 1 is 1.27 bits per heavy atom. The molecule has 144 valence electrons. The Hall–Kier alpha value is -2.08. The average Bonchev–Trinajstić information content (AvgIpc) is 2.54. The fourth-order valence-electron chi connectivity index (χ4n) is 3.07. The molecule has 0 unspecified atom stereocenters. The van der Waals surface area contributed by atoms with E-state index >= 15 is 0 Å². The van der Waals surface area contributed by atoms with E-state index in [2.05, 4.69) is 0 Å². The number of methoxy groups -OCH3 is 1. The highest BCUT2D eigenvalue weighted by Gasteiger charge is 2.38. The minimum Gasteiger partial charge on any atom is -0.444 e. The maximum Gasteiger partial charge on any atom is 0.411 e. The minimum atomic E-state index is -0.601. The van der Waals surface area contributed by atoms with Crippen LogP contribution in [-0.2, 0) is 14.3 Å². The normalized spacial score (nSPS) is 18.2. The van der Waals surface area contributed by atoms with Gasteiger partial charge in [0.05, 0.1) is 6.04 Å². The SMILES string of the molecule is COCC[C@H]1CN(c2cccc(C)c2C)C(=O)CN1C(=O)OC(C)(C)C. The Kier molecular flexibility index (Phi) is 6.29. The number of nitrogens with zero attached hydrogens (tertiary/aromatic N) is 2. The van der Waals surface area contributed by atoms with Crippen LogP contribution in [-0.4, -0.2) is 55.3 Å². The van der Waals surface area contributed by atoms with Gasteiger partial charge in [-0.25, -0.2) is 4.79 Å². The molecule has 1 heterocycles. The Labute approximate surface area is 156 Å². The van der Waals surface area contributed by atoms with Crippen LogP contribution >= 0.6 is 0 Å². The van der Waals surface area contributed by atoms with Crippen molar-refractivity contribution in [1.82, 2.24) is 4.90 Å². The van der Waals surface area contributed by atoms with Crippen molar-refractivity contribution in [3.8, 4) is 0 Å². The summed E-state index contributed by atoms with van der Waals surface area (Å²) in [6, 6.07) is 5.79. The molecule has 0 aliphatic carbocycles. The Bertz CT molecular complexity index is 666. The van der Waals surface area contributed by atoms with Crippen LogP contribution in [0, 0.1) is 13.8 Å². The van der Waals surface area contributed by atoms with Gasteiger partial charge in [-0.3, -0.25) is 9.69 Å². The molecule has 0 N–H and O–H groups in total. The number of hydrogen-bond donors (Lipinski definition) is 0. The Morgan fingerprint density at radius 2 is 1.96 bits per heavy atom. The molecule has 6 heteroatoms. The summed E-state index contributed by atoms with van der Waals surface area (Å²) < 4.78 is 10.7. The number of hydrogen-bond acceptors (Lipinski definition) is 4. The third kappa shape index (κ3) is 4.75. The van der Waals surface area contributed by atoms with E-state index in [0.29, 0.717) is 19.6 Å². The number of benzene rings is 1. The van der Waals surface area contributed by atoms with Gasteiger partial charge in [-0.15, -0.1) is 0 Å². The molecular weight excluding hydrogens is 332 g/mol. The molecule has 1 aromatic carbocycles. The number of aryl methyl sites for hydroxylation is 1. The second kappa shape index (κ2) is 8.08. The van der Waals surface area contributed by atoms with Gasteiger partial charge < -0.3 is 14.4 Å². The van der Waals surface area contributed by atoms with E-state index in [1.54, 1.807) is 12.0 Å². The number of rotatable bonds is 4.